The fourth-order valence-corrected chi connectivity index (χ4v) is 2.72. The number of carbonyl (C=O) groups excluding carboxylic acids is 2. The van der Waals surface area contributed by atoms with Crippen molar-refractivity contribution in [3.8, 4) is 5.75 Å². The molecule has 1 N–H and O–H groups in total. The largest absolute Gasteiger partial charge is 0.459 e. The third-order valence-electron chi connectivity index (χ3n) is 4.55. The first-order chi connectivity index (χ1) is 13.9. The maximum atomic E-state index is 12.1. The van der Waals surface area contributed by atoms with Crippen LogP contribution in [0.1, 0.15) is 30.5 Å². The molecular formula is C23H24O6. The highest BCUT2D eigenvalue weighted by atomic mass is 16.6. The lowest BCUT2D eigenvalue weighted by atomic mass is 9.98. The van der Waals surface area contributed by atoms with Crippen molar-refractivity contribution in [1.29, 1.82) is 0 Å². The van der Waals surface area contributed by atoms with Crippen LogP contribution in [0.15, 0.2) is 54.6 Å². The topological polar surface area (TPSA) is 85.4 Å². The van der Waals surface area contributed by atoms with Crippen molar-refractivity contribution in [3.05, 3.63) is 71.3 Å². The molecule has 1 atom stereocenters. The summed E-state index contributed by atoms with van der Waals surface area (Å²) in [5, 5.41) is 9.40. The average Bonchev–Trinajstić information content (AvgIpc) is 3.52. The van der Waals surface area contributed by atoms with Gasteiger partial charge in [-0.05, 0) is 23.3 Å². The number of aliphatic hydroxyl groups excluding tert-OH is 1. The molecule has 0 bridgehead atoms. The van der Waals surface area contributed by atoms with Gasteiger partial charge >= 0.3 is 11.9 Å². The minimum Gasteiger partial charge on any atom is -0.459 e. The van der Waals surface area contributed by atoms with Crippen LogP contribution < -0.4 is 4.74 Å². The minimum absolute atomic E-state index is 0.00430. The second kappa shape index (κ2) is 9.03. The van der Waals surface area contributed by atoms with Gasteiger partial charge < -0.3 is 19.3 Å². The van der Waals surface area contributed by atoms with E-state index < -0.39 is 11.6 Å². The number of benzene rings is 2. The molecule has 0 saturated carbocycles. The lowest BCUT2D eigenvalue weighted by molar-refractivity contribution is -0.140. The van der Waals surface area contributed by atoms with Gasteiger partial charge in [-0.1, -0.05) is 56.3 Å². The Bertz CT molecular complexity index is 897. The first kappa shape index (κ1) is 20.8. The molecule has 0 aromatic heterocycles. The maximum Gasteiger partial charge on any atom is 0.330 e. The molecule has 29 heavy (non-hydrogen) atoms. The second-order valence-electron chi connectivity index (χ2n) is 7.20. The lowest BCUT2D eigenvalue weighted by Crippen LogP contribution is -2.23. The second-order valence-corrected chi connectivity index (χ2v) is 7.20. The van der Waals surface area contributed by atoms with E-state index in [2.05, 4.69) is 0 Å². The zero-order valence-corrected chi connectivity index (χ0v) is 16.5. The molecule has 1 heterocycles. The number of esters is 2. The number of hydrogen-bond acceptors (Lipinski definition) is 6. The number of ether oxygens (including phenoxy) is 3. The third kappa shape index (κ3) is 5.31. The summed E-state index contributed by atoms with van der Waals surface area (Å²) in [6.07, 6.45) is 3.04. The van der Waals surface area contributed by atoms with E-state index in [0.29, 0.717) is 23.5 Å². The van der Waals surface area contributed by atoms with Crippen LogP contribution in [0.4, 0.5) is 0 Å². The Kier molecular flexibility index (Phi) is 6.46. The molecule has 6 nitrogen and oxygen atoms in total. The van der Waals surface area contributed by atoms with E-state index in [4.69, 9.17) is 14.2 Å². The fraction of sp³-hybridized carbons (Fsp3) is 0.304. The number of hydrogen-bond donors (Lipinski definition) is 1. The Morgan fingerprint density at radius 3 is 2.55 bits per heavy atom. The van der Waals surface area contributed by atoms with Gasteiger partial charge in [-0.2, -0.15) is 0 Å². The van der Waals surface area contributed by atoms with E-state index in [1.165, 1.54) is 6.08 Å². The Hall–Kier alpha value is -2.96. The highest BCUT2D eigenvalue weighted by molar-refractivity contribution is 5.87. The van der Waals surface area contributed by atoms with Gasteiger partial charge in [-0.3, -0.25) is 4.79 Å². The molecule has 6 heteroatoms. The summed E-state index contributed by atoms with van der Waals surface area (Å²) in [6, 6.07) is 14.5. The van der Waals surface area contributed by atoms with Crippen molar-refractivity contribution >= 4 is 18.0 Å². The predicted molar refractivity (Wildman–Crippen MR) is 107 cm³/mol. The highest BCUT2D eigenvalue weighted by Gasteiger charge is 2.50. The highest BCUT2D eigenvalue weighted by Crippen LogP contribution is 2.44. The Labute approximate surface area is 169 Å². The molecule has 1 aliphatic rings. The van der Waals surface area contributed by atoms with Gasteiger partial charge in [0.05, 0.1) is 19.1 Å². The van der Waals surface area contributed by atoms with Crippen LogP contribution in [0.2, 0.25) is 0 Å². The molecule has 1 fully saturated rings. The molecule has 0 radical (unpaired) electrons. The van der Waals surface area contributed by atoms with Gasteiger partial charge in [0, 0.05) is 11.6 Å². The van der Waals surface area contributed by atoms with E-state index in [1.54, 1.807) is 38.1 Å². The zero-order chi connectivity index (χ0) is 20.9. The fourth-order valence-electron chi connectivity index (χ4n) is 2.72. The SMILES string of the molecule is CC(C)C(=O)Oc1cc(CO)ccc1C1(COC(=O)C=Cc2ccccc2)CO1. The standard InChI is InChI=1S/C23H24O6/c1-16(2)22(26)29-20-12-18(13-24)8-10-19(20)23(15-28-23)14-27-21(25)11-9-17-6-4-3-5-7-17/h3-12,16,24H,13-15H2,1-2H3. The van der Waals surface area contributed by atoms with Crippen molar-refractivity contribution < 1.29 is 28.9 Å². The molecular weight excluding hydrogens is 372 g/mol. The van der Waals surface area contributed by atoms with Crippen molar-refractivity contribution in [2.24, 2.45) is 5.92 Å². The number of rotatable bonds is 8. The van der Waals surface area contributed by atoms with Crippen molar-refractivity contribution in [2.45, 2.75) is 26.1 Å². The summed E-state index contributed by atoms with van der Waals surface area (Å²) in [5.74, 6) is -0.877. The van der Waals surface area contributed by atoms with Crippen LogP contribution in [0.3, 0.4) is 0 Å². The van der Waals surface area contributed by atoms with E-state index in [1.807, 2.05) is 30.3 Å². The van der Waals surface area contributed by atoms with E-state index in [0.717, 1.165) is 5.56 Å². The Morgan fingerprint density at radius 2 is 1.93 bits per heavy atom. The zero-order valence-electron chi connectivity index (χ0n) is 16.5. The average molecular weight is 396 g/mol. The molecule has 1 unspecified atom stereocenters. The molecule has 152 valence electrons. The number of epoxide rings is 1. The van der Waals surface area contributed by atoms with Crippen LogP contribution in [0.5, 0.6) is 5.75 Å². The van der Waals surface area contributed by atoms with Gasteiger partial charge in [-0.25, -0.2) is 4.79 Å². The summed E-state index contributed by atoms with van der Waals surface area (Å²) >= 11 is 0. The van der Waals surface area contributed by atoms with Crippen molar-refractivity contribution in [1.82, 2.24) is 0 Å². The Morgan fingerprint density at radius 1 is 1.21 bits per heavy atom. The van der Waals surface area contributed by atoms with Crippen molar-refractivity contribution in [2.75, 3.05) is 13.2 Å². The summed E-state index contributed by atoms with van der Waals surface area (Å²) in [7, 11) is 0. The van der Waals surface area contributed by atoms with Gasteiger partial charge in [0.1, 0.15) is 12.4 Å². The van der Waals surface area contributed by atoms with Crippen LogP contribution in [-0.4, -0.2) is 30.3 Å². The molecule has 0 aliphatic carbocycles. The summed E-state index contributed by atoms with van der Waals surface area (Å²) in [5.41, 5.74) is 1.27. The van der Waals surface area contributed by atoms with Crippen LogP contribution in [0.25, 0.3) is 6.08 Å². The van der Waals surface area contributed by atoms with Crippen molar-refractivity contribution in [3.63, 3.8) is 0 Å². The maximum absolute atomic E-state index is 12.1. The first-order valence-electron chi connectivity index (χ1n) is 9.43. The minimum atomic E-state index is -0.850. The molecule has 1 aliphatic heterocycles. The summed E-state index contributed by atoms with van der Waals surface area (Å²) in [4.78, 5) is 24.2. The molecule has 0 amide bonds. The molecule has 3 rings (SSSR count). The molecule has 0 spiro atoms. The summed E-state index contributed by atoms with van der Waals surface area (Å²) in [6.45, 7) is 3.63. The quantitative estimate of drug-likeness (QED) is 0.319. The van der Waals surface area contributed by atoms with Gasteiger partial charge in [0.15, 0.2) is 5.60 Å². The normalized spacial score (nSPS) is 18.1. The summed E-state index contributed by atoms with van der Waals surface area (Å²) < 4.78 is 16.5. The first-order valence-corrected chi connectivity index (χ1v) is 9.43. The smallest absolute Gasteiger partial charge is 0.330 e. The van der Waals surface area contributed by atoms with E-state index in [9.17, 15) is 14.7 Å². The molecule has 1 saturated heterocycles. The lowest BCUT2D eigenvalue weighted by Gasteiger charge is -2.18. The number of carbonyl (C=O) groups is 2. The van der Waals surface area contributed by atoms with Gasteiger partial charge in [-0.15, -0.1) is 0 Å². The van der Waals surface area contributed by atoms with Crippen LogP contribution in [0, 0.1) is 5.92 Å². The van der Waals surface area contributed by atoms with E-state index >= 15 is 0 Å². The van der Waals surface area contributed by atoms with Gasteiger partial charge in [0.2, 0.25) is 0 Å². The number of aliphatic hydroxyl groups is 1. The third-order valence-corrected chi connectivity index (χ3v) is 4.55. The van der Waals surface area contributed by atoms with Crippen LogP contribution >= 0.6 is 0 Å². The monoisotopic (exact) mass is 396 g/mol. The van der Waals surface area contributed by atoms with Gasteiger partial charge in [0.25, 0.3) is 0 Å². The van der Waals surface area contributed by atoms with E-state index in [-0.39, 0.29) is 25.1 Å². The van der Waals surface area contributed by atoms with Crippen LogP contribution in [-0.2, 0) is 31.3 Å². The Balaban J connectivity index is 1.71. The predicted octanol–water partition coefficient (Wildman–Crippen LogP) is 3.22. The molecule has 2 aromatic carbocycles. The molecule has 2 aromatic rings.